The van der Waals surface area contributed by atoms with Crippen molar-refractivity contribution in [1.82, 2.24) is 9.47 Å². The molecule has 6 nitrogen and oxygen atoms in total. The molecule has 2 amide bonds. The van der Waals surface area contributed by atoms with Gasteiger partial charge in [-0.1, -0.05) is 48.0 Å². The maximum Gasteiger partial charge on any atom is 0.338 e. The second kappa shape index (κ2) is 9.68. The minimum atomic E-state index is -0.429. The molecular formula is C28H24ClN3O3. The Balaban J connectivity index is 1.56. The van der Waals surface area contributed by atoms with Gasteiger partial charge in [-0.25, -0.2) is 9.59 Å². The molecule has 0 radical (unpaired) electrons. The smallest absolute Gasteiger partial charge is 0.338 e. The molecule has 176 valence electrons. The third-order valence-electron chi connectivity index (χ3n) is 6.01. The first kappa shape index (κ1) is 22.7. The summed E-state index contributed by atoms with van der Waals surface area (Å²) >= 11 is 6.36. The molecular weight excluding hydrogens is 462 g/mol. The summed E-state index contributed by atoms with van der Waals surface area (Å²) in [4.78, 5) is 27.8. The molecule has 0 unspecified atom stereocenters. The van der Waals surface area contributed by atoms with Crippen molar-refractivity contribution in [3.63, 3.8) is 0 Å². The van der Waals surface area contributed by atoms with Crippen molar-refractivity contribution in [1.29, 1.82) is 0 Å². The molecule has 1 aliphatic rings. The lowest BCUT2D eigenvalue weighted by Crippen LogP contribution is -2.38. The summed E-state index contributed by atoms with van der Waals surface area (Å²) in [5.41, 5.74) is 4.79. The van der Waals surface area contributed by atoms with E-state index < -0.39 is 5.97 Å². The van der Waals surface area contributed by atoms with E-state index in [-0.39, 0.29) is 18.7 Å². The van der Waals surface area contributed by atoms with Gasteiger partial charge in [0.1, 0.15) is 0 Å². The summed E-state index contributed by atoms with van der Waals surface area (Å²) in [6.45, 7) is 2.43. The number of benzene rings is 3. The maximum absolute atomic E-state index is 13.8. The summed E-state index contributed by atoms with van der Waals surface area (Å²) in [5, 5.41) is 3.58. The molecule has 0 fully saturated rings. The van der Waals surface area contributed by atoms with Crippen LogP contribution in [0.1, 0.15) is 40.1 Å². The molecule has 0 aliphatic carbocycles. The fourth-order valence-electron chi connectivity index (χ4n) is 4.50. The van der Waals surface area contributed by atoms with Crippen LogP contribution in [0.2, 0.25) is 5.02 Å². The predicted molar refractivity (Wildman–Crippen MR) is 136 cm³/mol. The van der Waals surface area contributed by atoms with Crippen LogP contribution < -0.4 is 5.32 Å². The number of carbonyl (C=O) groups excluding carboxylic acids is 2. The Morgan fingerprint density at radius 2 is 1.83 bits per heavy atom. The van der Waals surface area contributed by atoms with Crippen LogP contribution in [0.3, 0.4) is 0 Å². The van der Waals surface area contributed by atoms with E-state index in [1.807, 2.05) is 60.8 Å². The molecule has 0 bridgehead atoms. The van der Waals surface area contributed by atoms with Crippen molar-refractivity contribution in [3.05, 3.63) is 119 Å². The average molecular weight is 486 g/mol. The number of carbonyl (C=O) groups is 2. The highest BCUT2D eigenvalue weighted by Gasteiger charge is 2.33. The minimum Gasteiger partial charge on any atom is -0.462 e. The van der Waals surface area contributed by atoms with Crippen LogP contribution in [-0.2, 0) is 11.3 Å². The summed E-state index contributed by atoms with van der Waals surface area (Å²) in [6.07, 6.45) is 2.01. The standard InChI is InChI=1S/C28H24ClN3O3/c1-2-35-27(33)20-10-6-12-23(17-20)30-28(34)32-18-21-8-3-4-13-24(21)31-15-7-14-25(31)26(32)19-9-5-11-22(29)16-19/h3-17,26H,2,18H2,1H3,(H,30,34)/t26-/m0/s1. The number of hydrogen-bond donors (Lipinski definition) is 1. The molecule has 35 heavy (non-hydrogen) atoms. The number of anilines is 1. The number of nitrogens with one attached hydrogen (secondary N) is 1. The van der Waals surface area contributed by atoms with E-state index >= 15 is 0 Å². The molecule has 2 heterocycles. The zero-order valence-electron chi connectivity index (χ0n) is 19.1. The van der Waals surface area contributed by atoms with Crippen LogP contribution in [0.4, 0.5) is 10.5 Å². The monoisotopic (exact) mass is 485 g/mol. The lowest BCUT2D eigenvalue weighted by molar-refractivity contribution is 0.0526. The molecule has 0 saturated heterocycles. The number of amides is 2. The zero-order chi connectivity index (χ0) is 24.4. The van der Waals surface area contributed by atoms with E-state index in [0.717, 1.165) is 22.5 Å². The highest BCUT2D eigenvalue weighted by atomic mass is 35.5. The maximum atomic E-state index is 13.8. The fourth-order valence-corrected chi connectivity index (χ4v) is 4.70. The minimum absolute atomic E-state index is 0.281. The third kappa shape index (κ3) is 4.53. The average Bonchev–Trinajstić information content (AvgIpc) is 3.28. The molecule has 1 aliphatic heterocycles. The summed E-state index contributed by atoms with van der Waals surface area (Å²) in [6, 6.07) is 25.7. The van der Waals surface area contributed by atoms with Gasteiger partial charge in [0.05, 0.1) is 30.4 Å². The number of urea groups is 1. The van der Waals surface area contributed by atoms with Gasteiger partial charge in [0, 0.05) is 22.6 Å². The topological polar surface area (TPSA) is 63.6 Å². The van der Waals surface area contributed by atoms with Gasteiger partial charge < -0.3 is 19.5 Å². The van der Waals surface area contributed by atoms with Crippen LogP contribution >= 0.6 is 11.6 Å². The molecule has 7 heteroatoms. The highest BCUT2D eigenvalue weighted by Crippen LogP contribution is 2.37. The van der Waals surface area contributed by atoms with Gasteiger partial charge >= 0.3 is 12.0 Å². The molecule has 1 atom stereocenters. The zero-order valence-corrected chi connectivity index (χ0v) is 19.9. The van der Waals surface area contributed by atoms with E-state index in [0.29, 0.717) is 22.8 Å². The van der Waals surface area contributed by atoms with Gasteiger partial charge in [-0.3, -0.25) is 0 Å². The molecule has 0 saturated carbocycles. The first-order chi connectivity index (χ1) is 17.0. The summed E-state index contributed by atoms with van der Waals surface area (Å²) in [5.74, 6) is -0.429. The Labute approximate surface area is 208 Å². The first-order valence-corrected chi connectivity index (χ1v) is 11.8. The van der Waals surface area contributed by atoms with E-state index in [1.165, 1.54) is 0 Å². The predicted octanol–water partition coefficient (Wildman–Crippen LogP) is 6.44. The van der Waals surface area contributed by atoms with Crippen molar-refractivity contribution in [2.45, 2.75) is 19.5 Å². The molecule has 0 spiro atoms. The van der Waals surface area contributed by atoms with E-state index in [2.05, 4.69) is 16.0 Å². The van der Waals surface area contributed by atoms with Crippen LogP contribution in [0.15, 0.2) is 91.1 Å². The van der Waals surface area contributed by atoms with Gasteiger partial charge in [0.25, 0.3) is 0 Å². The Bertz CT molecular complexity index is 1400. The first-order valence-electron chi connectivity index (χ1n) is 11.4. The third-order valence-corrected chi connectivity index (χ3v) is 6.25. The Morgan fingerprint density at radius 3 is 2.66 bits per heavy atom. The number of halogens is 1. The van der Waals surface area contributed by atoms with Gasteiger partial charge in [-0.15, -0.1) is 0 Å². The van der Waals surface area contributed by atoms with Crippen LogP contribution in [0.5, 0.6) is 0 Å². The number of esters is 1. The normalized spacial score (nSPS) is 14.5. The lowest BCUT2D eigenvalue weighted by Gasteiger charge is -2.31. The fraction of sp³-hybridized carbons (Fsp3) is 0.143. The SMILES string of the molecule is CCOC(=O)c1cccc(NC(=O)N2Cc3ccccc3-n3cccc3[C@@H]2c2cccc(Cl)c2)c1. The van der Waals surface area contributed by atoms with Crippen molar-refractivity contribution in [3.8, 4) is 5.69 Å². The number of fused-ring (bicyclic) bond motifs is 3. The largest absolute Gasteiger partial charge is 0.462 e. The Hall–Kier alpha value is -4.03. The van der Waals surface area contributed by atoms with Crippen LogP contribution in [-0.4, -0.2) is 28.1 Å². The van der Waals surface area contributed by atoms with Crippen molar-refractivity contribution in [2.75, 3.05) is 11.9 Å². The molecule has 3 aromatic carbocycles. The lowest BCUT2D eigenvalue weighted by atomic mass is 10.0. The second-order valence-electron chi connectivity index (χ2n) is 8.25. The number of aromatic nitrogens is 1. The van der Waals surface area contributed by atoms with E-state index in [9.17, 15) is 9.59 Å². The summed E-state index contributed by atoms with van der Waals surface area (Å²) < 4.78 is 7.22. The quantitative estimate of drug-likeness (QED) is 0.338. The molecule has 1 aromatic heterocycles. The molecule has 1 N–H and O–H groups in total. The van der Waals surface area contributed by atoms with Gasteiger partial charge in [-0.2, -0.15) is 0 Å². The number of nitrogens with zero attached hydrogens (tertiary/aromatic N) is 2. The highest BCUT2D eigenvalue weighted by molar-refractivity contribution is 6.30. The molecule has 4 aromatic rings. The second-order valence-corrected chi connectivity index (χ2v) is 8.69. The van der Waals surface area contributed by atoms with E-state index in [1.54, 1.807) is 36.1 Å². The number of hydrogen-bond acceptors (Lipinski definition) is 3. The number of para-hydroxylation sites is 1. The van der Waals surface area contributed by atoms with Gasteiger partial charge in [0.2, 0.25) is 0 Å². The molecule has 5 rings (SSSR count). The van der Waals surface area contributed by atoms with Crippen molar-refractivity contribution in [2.24, 2.45) is 0 Å². The van der Waals surface area contributed by atoms with Gasteiger partial charge in [-0.05, 0) is 66.6 Å². The van der Waals surface area contributed by atoms with Crippen LogP contribution in [0.25, 0.3) is 5.69 Å². The van der Waals surface area contributed by atoms with Crippen molar-refractivity contribution >= 4 is 29.3 Å². The Kier molecular flexibility index (Phi) is 6.29. The van der Waals surface area contributed by atoms with Crippen molar-refractivity contribution < 1.29 is 14.3 Å². The number of rotatable bonds is 4. The summed E-state index contributed by atoms with van der Waals surface area (Å²) in [7, 11) is 0. The number of ether oxygens (including phenoxy) is 1. The van der Waals surface area contributed by atoms with Gasteiger partial charge in [0.15, 0.2) is 0 Å². The Morgan fingerprint density at radius 1 is 1.00 bits per heavy atom. The van der Waals surface area contributed by atoms with Crippen LogP contribution in [0, 0.1) is 0 Å². The van der Waals surface area contributed by atoms with E-state index in [4.69, 9.17) is 16.3 Å².